The molecule has 0 aliphatic carbocycles. The van der Waals surface area contributed by atoms with E-state index >= 15 is 0 Å². The molecular weight excluding hydrogens is 350 g/mol. The van der Waals surface area contributed by atoms with Crippen molar-refractivity contribution in [2.75, 3.05) is 18.1 Å². The van der Waals surface area contributed by atoms with Crippen molar-refractivity contribution in [1.29, 1.82) is 0 Å². The molecule has 1 amide bonds. The summed E-state index contributed by atoms with van der Waals surface area (Å²) >= 11 is 0. The predicted molar refractivity (Wildman–Crippen MR) is 101 cm³/mol. The molecule has 1 saturated heterocycles. The highest BCUT2D eigenvalue weighted by atomic mass is 32.2. The Morgan fingerprint density at radius 2 is 2.12 bits per heavy atom. The first-order valence-electron chi connectivity index (χ1n) is 8.57. The zero-order valence-electron chi connectivity index (χ0n) is 15.1. The minimum Gasteiger partial charge on any atom is -0.331 e. The fraction of sp³-hybridized carbons (Fsp3) is 0.368. The second-order valence-corrected chi connectivity index (χ2v) is 8.87. The van der Waals surface area contributed by atoms with Crippen LogP contribution in [0.15, 0.2) is 43.1 Å². The smallest absolute Gasteiger partial charge is 0.257 e. The molecule has 0 unspecified atom stereocenters. The lowest BCUT2D eigenvalue weighted by molar-refractivity contribution is 0.0720. The molecule has 1 aliphatic rings. The normalized spacial score (nSPS) is 18.6. The molecule has 6 nitrogen and oxygen atoms in total. The zero-order chi connectivity index (χ0) is 18.9. The lowest BCUT2D eigenvalue weighted by atomic mass is 10.1. The molecule has 2 aromatic rings. The van der Waals surface area contributed by atoms with Gasteiger partial charge in [0.05, 0.1) is 34.6 Å². The monoisotopic (exact) mass is 373 g/mol. The molecule has 26 heavy (non-hydrogen) atoms. The first kappa shape index (κ1) is 18.4. The van der Waals surface area contributed by atoms with E-state index in [0.717, 1.165) is 16.9 Å². The number of sulfone groups is 1. The first-order chi connectivity index (χ1) is 12.3. The lowest BCUT2D eigenvalue weighted by Crippen LogP contribution is -2.41. The Morgan fingerprint density at radius 1 is 1.38 bits per heavy atom. The van der Waals surface area contributed by atoms with Crippen LogP contribution in [0.4, 0.5) is 0 Å². The molecular formula is C19H23N3O3S. The Morgan fingerprint density at radius 3 is 2.73 bits per heavy atom. The highest BCUT2D eigenvalue weighted by molar-refractivity contribution is 7.91. The molecule has 138 valence electrons. The van der Waals surface area contributed by atoms with Gasteiger partial charge in [0.15, 0.2) is 9.84 Å². The molecule has 1 fully saturated rings. The van der Waals surface area contributed by atoms with Gasteiger partial charge >= 0.3 is 0 Å². The van der Waals surface area contributed by atoms with E-state index in [-0.39, 0.29) is 23.5 Å². The van der Waals surface area contributed by atoms with Crippen molar-refractivity contribution in [1.82, 2.24) is 14.7 Å². The fourth-order valence-electron chi connectivity index (χ4n) is 3.38. The Hall–Kier alpha value is -2.41. The molecule has 0 spiro atoms. The van der Waals surface area contributed by atoms with Crippen LogP contribution in [0.3, 0.4) is 0 Å². The maximum absolute atomic E-state index is 13.1. The molecule has 2 heterocycles. The summed E-state index contributed by atoms with van der Waals surface area (Å²) < 4.78 is 25.4. The second-order valence-electron chi connectivity index (χ2n) is 6.64. The Balaban J connectivity index is 1.94. The number of aryl methyl sites for hydroxylation is 1. The summed E-state index contributed by atoms with van der Waals surface area (Å²) in [6, 6.07) is 7.51. The second kappa shape index (κ2) is 7.07. The van der Waals surface area contributed by atoms with Gasteiger partial charge in [-0.25, -0.2) is 13.1 Å². The van der Waals surface area contributed by atoms with Gasteiger partial charge in [0.1, 0.15) is 0 Å². The van der Waals surface area contributed by atoms with Crippen molar-refractivity contribution in [3.63, 3.8) is 0 Å². The molecule has 3 rings (SSSR count). The standard InChI is InChI=1S/C19H23N3O3S/c1-4-10-21(16-9-11-26(24,25)13-16)19(23)17-12-20-22(15(17)3)18-8-6-5-7-14(18)2/h4-8,12,16H,1,9-11,13H2,2-3H3/t16-/m1/s1. The molecule has 0 N–H and O–H groups in total. The van der Waals surface area contributed by atoms with Crippen molar-refractivity contribution < 1.29 is 13.2 Å². The largest absolute Gasteiger partial charge is 0.331 e. The summed E-state index contributed by atoms with van der Waals surface area (Å²) in [5, 5.41) is 4.39. The van der Waals surface area contributed by atoms with E-state index in [9.17, 15) is 13.2 Å². The van der Waals surface area contributed by atoms with E-state index < -0.39 is 9.84 Å². The Labute approximate surface area is 154 Å². The van der Waals surface area contributed by atoms with Gasteiger partial charge < -0.3 is 4.90 Å². The molecule has 0 radical (unpaired) electrons. The van der Waals surface area contributed by atoms with Crippen molar-refractivity contribution in [2.24, 2.45) is 0 Å². The van der Waals surface area contributed by atoms with Crippen LogP contribution in [0.2, 0.25) is 0 Å². The van der Waals surface area contributed by atoms with E-state index in [2.05, 4.69) is 11.7 Å². The Kier molecular flexibility index (Phi) is 5.00. The summed E-state index contributed by atoms with van der Waals surface area (Å²) in [7, 11) is -3.08. The minimum absolute atomic E-state index is 0.0115. The maximum atomic E-state index is 13.1. The average molecular weight is 373 g/mol. The predicted octanol–water partition coefficient (Wildman–Crippen LogP) is 2.30. The SMILES string of the molecule is C=CCN(C(=O)c1cnn(-c2ccccc2C)c1C)[C@@H]1CCS(=O)(=O)C1. The van der Waals surface area contributed by atoms with Gasteiger partial charge in [-0.15, -0.1) is 6.58 Å². The van der Waals surface area contributed by atoms with Crippen LogP contribution in [-0.2, 0) is 9.84 Å². The van der Waals surface area contributed by atoms with E-state index in [0.29, 0.717) is 18.5 Å². The zero-order valence-corrected chi connectivity index (χ0v) is 15.9. The number of carbonyl (C=O) groups excluding carboxylic acids is 1. The molecule has 1 aromatic carbocycles. The summed E-state index contributed by atoms with van der Waals surface area (Å²) in [5.74, 6) is -0.0678. The van der Waals surface area contributed by atoms with Gasteiger partial charge in [0, 0.05) is 12.6 Å². The van der Waals surface area contributed by atoms with Crippen molar-refractivity contribution >= 4 is 15.7 Å². The summed E-state index contributed by atoms with van der Waals surface area (Å²) in [5.41, 5.74) is 3.20. The number of rotatable bonds is 5. The summed E-state index contributed by atoms with van der Waals surface area (Å²) in [6.45, 7) is 7.86. The van der Waals surface area contributed by atoms with Crippen LogP contribution in [0.25, 0.3) is 5.69 Å². The number of aromatic nitrogens is 2. The van der Waals surface area contributed by atoms with E-state index in [1.54, 1.807) is 21.9 Å². The van der Waals surface area contributed by atoms with Crippen molar-refractivity contribution in [3.8, 4) is 5.69 Å². The third kappa shape index (κ3) is 3.44. The van der Waals surface area contributed by atoms with Gasteiger partial charge in [0.2, 0.25) is 0 Å². The van der Waals surface area contributed by atoms with Gasteiger partial charge in [-0.2, -0.15) is 5.10 Å². The molecule has 1 atom stereocenters. The van der Waals surface area contributed by atoms with Crippen LogP contribution in [-0.4, -0.2) is 53.1 Å². The third-order valence-electron chi connectivity index (χ3n) is 4.82. The number of benzene rings is 1. The van der Waals surface area contributed by atoms with Gasteiger partial charge in [-0.05, 0) is 31.9 Å². The van der Waals surface area contributed by atoms with Crippen molar-refractivity contribution in [2.45, 2.75) is 26.3 Å². The van der Waals surface area contributed by atoms with Gasteiger partial charge in [-0.1, -0.05) is 24.3 Å². The topological polar surface area (TPSA) is 72.3 Å². The Bertz CT molecular complexity index is 947. The quantitative estimate of drug-likeness (QED) is 0.754. The molecule has 1 aliphatic heterocycles. The number of hydrogen-bond donors (Lipinski definition) is 0. The van der Waals surface area contributed by atoms with Gasteiger partial charge in [-0.3, -0.25) is 4.79 Å². The van der Waals surface area contributed by atoms with Crippen LogP contribution in [0.5, 0.6) is 0 Å². The van der Waals surface area contributed by atoms with E-state index in [1.165, 1.54) is 0 Å². The van der Waals surface area contributed by atoms with Crippen LogP contribution >= 0.6 is 0 Å². The highest BCUT2D eigenvalue weighted by Crippen LogP contribution is 2.23. The van der Waals surface area contributed by atoms with Crippen LogP contribution < -0.4 is 0 Å². The van der Waals surface area contributed by atoms with Gasteiger partial charge in [0.25, 0.3) is 5.91 Å². The number of amides is 1. The number of para-hydroxylation sites is 1. The number of carbonyl (C=O) groups is 1. The molecule has 1 aromatic heterocycles. The van der Waals surface area contributed by atoms with Crippen LogP contribution in [0.1, 0.15) is 28.0 Å². The number of nitrogens with zero attached hydrogens (tertiary/aromatic N) is 3. The summed E-state index contributed by atoms with van der Waals surface area (Å²) in [4.78, 5) is 14.7. The number of hydrogen-bond acceptors (Lipinski definition) is 4. The van der Waals surface area contributed by atoms with Crippen LogP contribution in [0, 0.1) is 13.8 Å². The summed E-state index contributed by atoms with van der Waals surface area (Å²) in [6.07, 6.45) is 3.65. The first-order valence-corrected chi connectivity index (χ1v) is 10.4. The molecule has 0 saturated carbocycles. The highest BCUT2D eigenvalue weighted by Gasteiger charge is 2.35. The minimum atomic E-state index is -3.08. The molecule has 7 heteroatoms. The van der Waals surface area contributed by atoms with E-state index in [1.807, 2.05) is 38.1 Å². The van der Waals surface area contributed by atoms with E-state index in [4.69, 9.17) is 0 Å². The molecule has 0 bridgehead atoms. The lowest BCUT2D eigenvalue weighted by Gasteiger charge is -2.27. The fourth-order valence-corrected chi connectivity index (χ4v) is 5.11. The van der Waals surface area contributed by atoms with Crippen molar-refractivity contribution in [3.05, 3.63) is 59.9 Å². The maximum Gasteiger partial charge on any atom is 0.257 e. The third-order valence-corrected chi connectivity index (χ3v) is 6.57. The average Bonchev–Trinajstić information content (AvgIpc) is 3.15.